The van der Waals surface area contributed by atoms with Gasteiger partial charge in [0.15, 0.2) is 6.10 Å². The molecule has 0 aromatic heterocycles. The van der Waals surface area contributed by atoms with Gasteiger partial charge in [-0.3, -0.25) is 9.59 Å². The van der Waals surface area contributed by atoms with Gasteiger partial charge in [0.25, 0.3) is 0 Å². The molecular formula is C41H71NO7. The predicted octanol–water partition coefficient (Wildman–Crippen LogP) is 8.35. The van der Waals surface area contributed by atoms with E-state index < -0.39 is 18.1 Å². The molecular weight excluding hydrogens is 618 g/mol. The lowest BCUT2D eigenvalue weighted by Gasteiger charge is -2.34. The third kappa shape index (κ3) is 31.0. The molecule has 2 atom stereocenters. The molecule has 0 aromatic carbocycles. The topological polar surface area (TPSA) is 102 Å². The van der Waals surface area contributed by atoms with Crippen LogP contribution in [0.2, 0.25) is 0 Å². The second kappa shape index (κ2) is 32.5. The average molecular weight is 690 g/mol. The van der Waals surface area contributed by atoms with Crippen molar-refractivity contribution in [3.8, 4) is 0 Å². The van der Waals surface area contributed by atoms with E-state index >= 15 is 0 Å². The number of quaternary nitrogens is 1. The van der Waals surface area contributed by atoms with Crippen LogP contribution in [0.4, 0.5) is 0 Å². The van der Waals surface area contributed by atoms with Crippen molar-refractivity contribution >= 4 is 17.9 Å². The highest BCUT2D eigenvalue weighted by Gasteiger charge is 2.25. The summed E-state index contributed by atoms with van der Waals surface area (Å²) in [6.45, 7) is 4.53. The maximum atomic E-state index is 12.6. The molecule has 0 amide bonds. The van der Waals surface area contributed by atoms with E-state index in [0.717, 1.165) is 64.2 Å². The normalized spacial score (nSPS) is 13.6. The number of unbranched alkanes of at least 4 members (excludes halogenated alkanes) is 14. The monoisotopic (exact) mass is 690 g/mol. The number of carboxylic acid groups (broad SMARTS) is 1. The zero-order chi connectivity index (χ0) is 36.4. The molecule has 0 fully saturated rings. The standard InChI is InChI=1S/C41H71NO7/c1-6-8-10-12-14-15-16-17-18-19-20-21-22-23-24-26-28-30-32-40(44)49-37(35-47-34-33-38(41(45)46)42(3,4)5)36-48-39(43)31-29-27-25-13-11-9-7-2/h14-21,37-38H,6-13,22-36H2,1-5H3/b15-14+,17-16+,19-18+,21-20+. The molecule has 0 aliphatic rings. The Morgan fingerprint density at radius 3 is 1.63 bits per heavy atom. The fourth-order valence-electron chi connectivity index (χ4n) is 5.26. The van der Waals surface area contributed by atoms with Crippen LogP contribution in [0.25, 0.3) is 0 Å². The van der Waals surface area contributed by atoms with Gasteiger partial charge in [-0.1, -0.05) is 133 Å². The Kier molecular flexibility index (Phi) is 30.7. The minimum absolute atomic E-state index is 0.0303. The first-order chi connectivity index (χ1) is 23.6. The number of ether oxygens (including phenoxy) is 3. The number of likely N-dealkylation sites (N-methyl/N-ethyl adjacent to an activating group) is 1. The molecule has 0 aromatic rings. The minimum atomic E-state index is -1.13. The molecule has 0 bridgehead atoms. The summed E-state index contributed by atoms with van der Waals surface area (Å²) >= 11 is 0. The van der Waals surface area contributed by atoms with Crippen LogP contribution in [0.5, 0.6) is 0 Å². The SMILES string of the molecule is CCCCC/C=C/C=C/C=C/C=C/CCCCCCCC(=O)OC(COCCC(C(=O)[O-])[N+](C)(C)C)COC(=O)CCCCCCCCC. The van der Waals surface area contributed by atoms with Crippen molar-refractivity contribution in [3.05, 3.63) is 48.6 Å². The van der Waals surface area contributed by atoms with Crippen molar-refractivity contribution in [2.24, 2.45) is 0 Å². The first kappa shape index (κ1) is 46.3. The zero-order valence-corrected chi connectivity index (χ0v) is 31.8. The highest BCUT2D eigenvalue weighted by molar-refractivity contribution is 5.70. The van der Waals surface area contributed by atoms with Gasteiger partial charge in [0, 0.05) is 19.3 Å². The van der Waals surface area contributed by atoms with Crippen LogP contribution in [0.1, 0.15) is 142 Å². The molecule has 282 valence electrons. The van der Waals surface area contributed by atoms with Crippen molar-refractivity contribution in [2.45, 2.75) is 154 Å². The number of hydrogen-bond donors (Lipinski definition) is 0. The first-order valence-corrected chi connectivity index (χ1v) is 19.2. The van der Waals surface area contributed by atoms with Gasteiger partial charge in [0.05, 0.1) is 40.3 Å². The van der Waals surface area contributed by atoms with E-state index in [4.69, 9.17) is 14.2 Å². The molecule has 0 saturated heterocycles. The molecule has 0 aliphatic heterocycles. The Labute approximate surface area is 299 Å². The van der Waals surface area contributed by atoms with Crippen LogP contribution in [-0.4, -0.2) is 75.5 Å². The number of aliphatic carboxylic acids is 1. The molecule has 0 radical (unpaired) electrons. The third-order valence-corrected chi connectivity index (χ3v) is 8.31. The summed E-state index contributed by atoms with van der Waals surface area (Å²) < 4.78 is 17.0. The van der Waals surface area contributed by atoms with Gasteiger partial charge in [-0.05, 0) is 38.5 Å². The van der Waals surface area contributed by atoms with E-state index in [-0.39, 0.29) is 42.7 Å². The second-order valence-electron chi connectivity index (χ2n) is 13.9. The maximum Gasteiger partial charge on any atom is 0.306 e. The Balaban J connectivity index is 4.42. The largest absolute Gasteiger partial charge is 0.544 e. The zero-order valence-electron chi connectivity index (χ0n) is 31.8. The summed E-state index contributed by atoms with van der Waals surface area (Å²) in [6, 6.07) is -0.728. The van der Waals surface area contributed by atoms with E-state index in [2.05, 4.69) is 50.3 Å². The fourth-order valence-corrected chi connectivity index (χ4v) is 5.26. The summed E-state index contributed by atoms with van der Waals surface area (Å²) in [5, 5.41) is 11.6. The van der Waals surface area contributed by atoms with Crippen LogP contribution < -0.4 is 5.11 Å². The van der Waals surface area contributed by atoms with Gasteiger partial charge in [-0.25, -0.2) is 0 Å². The number of carboxylic acids is 1. The van der Waals surface area contributed by atoms with Gasteiger partial charge < -0.3 is 28.6 Å². The van der Waals surface area contributed by atoms with E-state index in [1.54, 1.807) is 21.1 Å². The van der Waals surface area contributed by atoms with Gasteiger partial charge in [0.1, 0.15) is 12.6 Å². The molecule has 0 heterocycles. The first-order valence-electron chi connectivity index (χ1n) is 19.2. The number of carbonyl (C=O) groups is 3. The Hall–Kier alpha value is -2.71. The lowest BCUT2D eigenvalue weighted by atomic mass is 10.1. The number of esters is 2. The summed E-state index contributed by atoms with van der Waals surface area (Å²) in [4.78, 5) is 36.5. The number of carbonyl (C=O) groups excluding carboxylic acids is 3. The maximum absolute atomic E-state index is 12.6. The Morgan fingerprint density at radius 1 is 0.612 bits per heavy atom. The van der Waals surface area contributed by atoms with Crippen LogP contribution >= 0.6 is 0 Å². The molecule has 0 saturated carbocycles. The Bertz CT molecular complexity index is 948. The van der Waals surface area contributed by atoms with E-state index in [0.29, 0.717) is 12.8 Å². The molecule has 49 heavy (non-hydrogen) atoms. The van der Waals surface area contributed by atoms with Crippen LogP contribution in [-0.2, 0) is 28.6 Å². The number of allylic oxidation sites excluding steroid dienone is 8. The van der Waals surface area contributed by atoms with E-state index in [1.807, 2.05) is 12.2 Å². The van der Waals surface area contributed by atoms with Crippen molar-refractivity contribution in [1.29, 1.82) is 0 Å². The van der Waals surface area contributed by atoms with Crippen molar-refractivity contribution in [2.75, 3.05) is 41.0 Å². The van der Waals surface area contributed by atoms with Crippen LogP contribution in [0, 0.1) is 0 Å². The molecule has 2 unspecified atom stereocenters. The minimum Gasteiger partial charge on any atom is -0.544 e. The van der Waals surface area contributed by atoms with Crippen molar-refractivity contribution < 1.29 is 38.2 Å². The molecule has 8 heteroatoms. The third-order valence-electron chi connectivity index (χ3n) is 8.31. The van der Waals surface area contributed by atoms with Gasteiger partial charge >= 0.3 is 11.9 Å². The number of rotatable bonds is 33. The quantitative estimate of drug-likeness (QED) is 0.0295. The average Bonchev–Trinajstić information content (AvgIpc) is 3.05. The van der Waals surface area contributed by atoms with Crippen LogP contribution in [0.3, 0.4) is 0 Å². The molecule has 0 aliphatic carbocycles. The van der Waals surface area contributed by atoms with Gasteiger partial charge in [0.2, 0.25) is 0 Å². The van der Waals surface area contributed by atoms with Crippen molar-refractivity contribution in [1.82, 2.24) is 0 Å². The Morgan fingerprint density at radius 2 is 1.08 bits per heavy atom. The van der Waals surface area contributed by atoms with Gasteiger partial charge in [-0.2, -0.15) is 0 Å². The summed E-state index contributed by atoms with van der Waals surface area (Å²) in [6.07, 6.45) is 35.7. The molecule has 0 spiro atoms. The smallest absolute Gasteiger partial charge is 0.306 e. The lowest BCUT2D eigenvalue weighted by molar-refractivity contribution is -0.889. The highest BCUT2D eigenvalue weighted by atomic mass is 16.6. The number of nitrogens with zero attached hydrogens (tertiary/aromatic N) is 1. The summed E-state index contributed by atoms with van der Waals surface area (Å²) in [5.41, 5.74) is 0. The lowest BCUT2D eigenvalue weighted by Crippen LogP contribution is -2.55. The van der Waals surface area contributed by atoms with E-state index in [1.165, 1.54) is 44.9 Å². The second-order valence-corrected chi connectivity index (χ2v) is 13.9. The van der Waals surface area contributed by atoms with E-state index in [9.17, 15) is 19.5 Å². The van der Waals surface area contributed by atoms with Gasteiger partial charge in [-0.15, -0.1) is 0 Å². The fraction of sp³-hybridized carbons (Fsp3) is 0.732. The molecule has 0 rings (SSSR count). The van der Waals surface area contributed by atoms with Crippen molar-refractivity contribution in [3.63, 3.8) is 0 Å². The summed E-state index contributed by atoms with van der Waals surface area (Å²) in [5.74, 6) is -1.78. The highest BCUT2D eigenvalue weighted by Crippen LogP contribution is 2.12. The molecule has 0 N–H and O–H groups in total. The predicted molar refractivity (Wildman–Crippen MR) is 199 cm³/mol. The summed E-state index contributed by atoms with van der Waals surface area (Å²) in [7, 11) is 5.38. The van der Waals surface area contributed by atoms with Crippen LogP contribution in [0.15, 0.2) is 48.6 Å². The number of hydrogen-bond acceptors (Lipinski definition) is 7. The molecule has 8 nitrogen and oxygen atoms in total.